The quantitative estimate of drug-likeness (QED) is 0.248. The first-order valence-corrected chi connectivity index (χ1v) is 13.2. The maximum absolute atomic E-state index is 4.88. The van der Waals surface area contributed by atoms with Gasteiger partial charge in [-0.3, -0.25) is 9.55 Å². The van der Waals surface area contributed by atoms with Crippen LogP contribution in [0.2, 0.25) is 0 Å². The Balaban J connectivity index is 1.86. The normalized spacial score (nSPS) is 12.1. The molecule has 0 atom stereocenters. The van der Waals surface area contributed by atoms with Crippen LogP contribution in [0.3, 0.4) is 0 Å². The van der Waals surface area contributed by atoms with E-state index < -0.39 is 0 Å². The van der Waals surface area contributed by atoms with Crippen LogP contribution in [0.4, 0.5) is 0 Å². The zero-order valence-corrected chi connectivity index (χ0v) is 22.9. The molecule has 5 rings (SSSR count). The van der Waals surface area contributed by atoms with Gasteiger partial charge in [-0.05, 0) is 45.2 Å². The lowest BCUT2D eigenvalue weighted by atomic mass is 9.86. The third kappa shape index (κ3) is 4.57. The topological polar surface area (TPSA) is 43.6 Å². The lowest BCUT2D eigenvalue weighted by Crippen LogP contribution is -2.12. The van der Waals surface area contributed by atoms with Crippen molar-refractivity contribution in [3.63, 3.8) is 0 Å². The molecule has 0 saturated carbocycles. The number of pyridine rings is 1. The van der Waals surface area contributed by atoms with Gasteiger partial charge in [-0.15, -0.1) is 10.2 Å². The molecule has 0 saturated heterocycles. The van der Waals surface area contributed by atoms with Gasteiger partial charge in [0.15, 0.2) is 11.6 Å². The van der Waals surface area contributed by atoms with Gasteiger partial charge in [-0.2, -0.15) is 0 Å². The Morgan fingerprint density at radius 2 is 1.38 bits per heavy atom. The third-order valence-corrected chi connectivity index (χ3v) is 7.08. The number of nitrogens with zero attached hydrogens (tertiary/aromatic N) is 4. The Labute approximate surface area is 220 Å². The minimum Gasteiger partial charge on any atom is -0.273 e. The van der Waals surface area contributed by atoms with Crippen molar-refractivity contribution in [2.24, 2.45) is 0 Å². The summed E-state index contributed by atoms with van der Waals surface area (Å²) in [5.74, 6) is 2.23. The van der Waals surface area contributed by atoms with E-state index in [0.717, 1.165) is 39.5 Å². The fraction of sp³-hybridized carbons (Fsp3) is 0.303. The zero-order valence-electron chi connectivity index (χ0n) is 22.9. The van der Waals surface area contributed by atoms with Crippen LogP contribution in [0.1, 0.15) is 77.1 Å². The fourth-order valence-corrected chi connectivity index (χ4v) is 5.02. The van der Waals surface area contributed by atoms with E-state index in [1.165, 1.54) is 16.5 Å². The maximum atomic E-state index is 4.88. The molecule has 0 spiro atoms. The Kier molecular flexibility index (Phi) is 6.45. The third-order valence-electron chi connectivity index (χ3n) is 7.08. The molecule has 0 aliphatic rings. The van der Waals surface area contributed by atoms with E-state index in [2.05, 4.69) is 126 Å². The number of hydrogen-bond acceptors (Lipinski definition) is 3. The second-order valence-electron chi connectivity index (χ2n) is 11.5. The SMILES string of the molecule is CC(C)c1ccnc(C(C)C)c1-n1c(-c2ccc(C(C)(C)C)cc2)nnc1-c1cccc2ccccc12. The largest absolute Gasteiger partial charge is 0.273 e. The lowest BCUT2D eigenvalue weighted by Gasteiger charge is -2.22. The molecule has 5 aromatic rings. The van der Waals surface area contributed by atoms with Crippen LogP contribution in [0.5, 0.6) is 0 Å². The second kappa shape index (κ2) is 9.59. The van der Waals surface area contributed by atoms with Crippen molar-refractivity contribution in [2.45, 2.75) is 65.7 Å². The summed E-state index contributed by atoms with van der Waals surface area (Å²) < 4.78 is 2.26. The van der Waals surface area contributed by atoms with Crippen LogP contribution < -0.4 is 0 Å². The van der Waals surface area contributed by atoms with Crippen LogP contribution >= 0.6 is 0 Å². The van der Waals surface area contributed by atoms with Gasteiger partial charge in [0.1, 0.15) is 0 Å². The molecule has 0 aliphatic heterocycles. The number of fused-ring (bicyclic) bond motifs is 1. The number of benzene rings is 3. The standard InChI is InChI=1S/C33H36N4/c1-21(2)26-19-20-34-29(22(3)4)30(26)37-31(24-15-17-25(18-16-24)33(5,6)7)35-36-32(37)28-14-10-12-23-11-8-9-13-27(23)28/h8-22H,1-7H3. The summed E-state index contributed by atoms with van der Waals surface area (Å²) >= 11 is 0. The van der Waals surface area contributed by atoms with Crippen molar-refractivity contribution in [1.29, 1.82) is 0 Å². The van der Waals surface area contributed by atoms with Crippen LogP contribution in [0, 0.1) is 0 Å². The predicted molar refractivity (Wildman–Crippen MR) is 154 cm³/mol. The smallest absolute Gasteiger partial charge is 0.169 e. The zero-order chi connectivity index (χ0) is 26.3. The summed E-state index contributed by atoms with van der Waals surface area (Å²) in [6.45, 7) is 15.6. The van der Waals surface area contributed by atoms with Gasteiger partial charge in [0.2, 0.25) is 0 Å². The molecule has 0 unspecified atom stereocenters. The van der Waals surface area contributed by atoms with Crippen molar-refractivity contribution < 1.29 is 0 Å². The molecular formula is C33H36N4. The van der Waals surface area contributed by atoms with E-state index in [4.69, 9.17) is 15.2 Å². The van der Waals surface area contributed by atoms with Crippen molar-refractivity contribution in [3.8, 4) is 28.5 Å². The van der Waals surface area contributed by atoms with Crippen molar-refractivity contribution >= 4 is 10.8 Å². The van der Waals surface area contributed by atoms with Crippen molar-refractivity contribution in [1.82, 2.24) is 19.7 Å². The highest BCUT2D eigenvalue weighted by Gasteiger charge is 2.25. The summed E-state index contributed by atoms with van der Waals surface area (Å²) in [4.78, 5) is 4.88. The summed E-state index contributed by atoms with van der Waals surface area (Å²) in [5, 5.41) is 12.0. The average molecular weight is 489 g/mol. The monoisotopic (exact) mass is 488 g/mol. The first-order chi connectivity index (χ1) is 17.7. The highest BCUT2D eigenvalue weighted by molar-refractivity contribution is 5.95. The molecule has 4 nitrogen and oxygen atoms in total. The summed E-state index contributed by atoms with van der Waals surface area (Å²) in [6.07, 6.45) is 1.94. The lowest BCUT2D eigenvalue weighted by molar-refractivity contribution is 0.590. The highest BCUT2D eigenvalue weighted by atomic mass is 15.3. The van der Waals surface area contributed by atoms with E-state index in [1.807, 2.05) is 6.20 Å². The molecule has 0 bridgehead atoms. The maximum Gasteiger partial charge on any atom is 0.169 e. The highest BCUT2D eigenvalue weighted by Crippen LogP contribution is 2.38. The Morgan fingerprint density at radius 1 is 0.703 bits per heavy atom. The Bertz CT molecular complexity index is 1520. The van der Waals surface area contributed by atoms with E-state index in [0.29, 0.717) is 5.92 Å². The summed E-state index contributed by atoms with van der Waals surface area (Å²) in [7, 11) is 0. The number of rotatable bonds is 5. The number of aromatic nitrogens is 4. The van der Waals surface area contributed by atoms with Gasteiger partial charge in [-0.25, -0.2) is 0 Å². The van der Waals surface area contributed by atoms with Gasteiger partial charge in [0.05, 0.1) is 11.4 Å². The van der Waals surface area contributed by atoms with E-state index >= 15 is 0 Å². The molecule has 3 aromatic carbocycles. The van der Waals surface area contributed by atoms with Crippen molar-refractivity contribution in [3.05, 3.63) is 95.8 Å². The molecule has 4 heteroatoms. The molecule has 0 aliphatic carbocycles. The minimum atomic E-state index is 0.0826. The first kappa shape index (κ1) is 24.9. The van der Waals surface area contributed by atoms with E-state index in [1.54, 1.807) is 0 Å². The molecule has 0 amide bonds. The molecule has 0 N–H and O–H groups in total. The average Bonchev–Trinajstić information content (AvgIpc) is 3.32. The summed E-state index contributed by atoms with van der Waals surface area (Å²) in [6, 6.07) is 25.8. The molecule has 0 radical (unpaired) electrons. The van der Waals surface area contributed by atoms with Gasteiger partial charge in [0, 0.05) is 17.3 Å². The molecule has 37 heavy (non-hydrogen) atoms. The molecule has 0 fully saturated rings. The van der Waals surface area contributed by atoms with Gasteiger partial charge in [-0.1, -0.05) is 115 Å². The van der Waals surface area contributed by atoms with Crippen LogP contribution in [0.25, 0.3) is 39.2 Å². The minimum absolute atomic E-state index is 0.0826. The van der Waals surface area contributed by atoms with Crippen molar-refractivity contribution in [2.75, 3.05) is 0 Å². The first-order valence-electron chi connectivity index (χ1n) is 13.2. The predicted octanol–water partition coefficient (Wildman–Crippen LogP) is 8.69. The molecule has 188 valence electrons. The second-order valence-corrected chi connectivity index (χ2v) is 11.5. The summed E-state index contributed by atoms with van der Waals surface area (Å²) in [5.41, 5.74) is 6.88. The Hall–Kier alpha value is -3.79. The van der Waals surface area contributed by atoms with Crippen LogP contribution in [-0.4, -0.2) is 19.7 Å². The number of hydrogen-bond donors (Lipinski definition) is 0. The molecule has 2 aromatic heterocycles. The van der Waals surface area contributed by atoms with Crippen LogP contribution in [0.15, 0.2) is 79.0 Å². The fourth-order valence-electron chi connectivity index (χ4n) is 5.02. The van der Waals surface area contributed by atoms with Gasteiger partial charge < -0.3 is 0 Å². The molecular weight excluding hydrogens is 452 g/mol. The van der Waals surface area contributed by atoms with Crippen LogP contribution in [-0.2, 0) is 5.41 Å². The molecule has 2 heterocycles. The van der Waals surface area contributed by atoms with Gasteiger partial charge in [0.25, 0.3) is 0 Å². The van der Waals surface area contributed by atoms with Gasteiger partial charge >= 0.3 is 0 Å². The van der Waals surface area contributed by atoms with E-state index in [9.17, 15) is 0 Å². The van der Waals surface area contributed by atoms with E-state index in [-0.39, 0.29) is 11.3 Å². The Morgan fingerprint density at radius 3 is 2.05 bits per heavy atom.